The summed E-state index contributed by atoms with van der Waals surface area (Å²) in [6, 6.07) is 0. The summed E-state index contributed by atoms with van der Waals surface area (Å²) in [7, 11) is -3.24. The molecule has 0 atom stereocenters. The molecule has 0 aliphatic heterocycles. The minimum Gasteiger partial charge on any atom is -0.476 e. The summed E-state index contributed by atoms with van der Waals surface area (Å²) in [6.07, 6.45) is 1.92. The fourth-order valence-electron chi connectivity index (χ4n) is 0.700. The fraction of sp³-hybridized carbons (Fsp3) is 0.333. The third-order valence-corrected chi connectivity index (χ3v) is 1.93. The Bertz CT molecular complexity index is 418. The van der Waals surface area contributed by atoms with E-state index < -0.39 is 15.8 Å². The molecule has 1 N–H and O–H groups in total. The van der Waals surface area contributed by atoms with Crippen molar-refractivity contribution in [1.82, 2.24) is 4.98 Å². The molecule has 1 rings (SSSR count). The van der Waals surface area contributed by atoms with E-state index in [1.165, 1.54) is 0 Å². The average molecular weight is 205 g/mol. The van der Waals surface area contributed by atoms with Gasteiger partial charge in [0, 0.05) is 6.26 Å². The number of oxazole rings is 1. The largest absolute Gasteiger partial charge is 0.476 e. The van der Waals surface area contributed by atoms with Gasteiger partial charge in [0.25, 0.3) is 0 Å². The number of carboxylic acids is 1. The lowest BCUT2D eigenvalue weighted by atomic mass is 10.5. The molecule has 13 heavy (non-hydrogen) atoms. The summed E-state index contributed by atoms with van der Waals surface area (Å²) in [5.74, 6) is -1.75. The second-order valence-electron chi connectivity index (χ2n) is 2.50. The molecule has 0 unspecified atom stereocenters. The van der Waals surface area contributed by atoms with E-state index in [-0.39, 0.29) is 17.3 Å². The molecule has 1 aromatic rings. The minimum atomic E-state index is -3.24. The first-order chi connectivity index (χ1) is 5.88. The van der Waals surface area contributed by atoms with E-state index in [4.69, 9.17) is 5.11 Å². The van der Waals surface area contributed by atoms with Crippen LogP contribution in [0.4, 0.5) is 0 Å². The molecular formula is C6H7NO5S. The van der Waals surface area contributed by atoms with Crippen LogP contribution in [0.15, 0.2) is 10.7 Å². The van der Waals surface area contributed by atoms with Crippen molar-refractivity contribution >= 4 is 15.8 Å². The summed E-state index contributed by atoms with van der Waals surface area (Å²) in [6.45, 7) is 0. The number of aromatic carboxylic acids is 1. The van der Waals surface area contributed by atoms with Gasteiger partial charge < -0.3 is 9.52 Å². The lowest BCUT2D eigenvalue weighted by molar-refractivity contribution is 0.0690. The molecule has 0 aliphatic rings. The summed E-state index contributed by atoms with van der Waals surface area (Å²) < 4.78 is 26.1. The van der Waals surface area contributed by atoms with Gasteiger partial charge in [-0.25, -0.2) is 18.2 Å². The quantitative estimate of drug-likeness (QED) is 0.741. The highest BCUT2D eigenvalue weighted by Gasteiger charge is 2.13. The first kappa shape index (κ1) is 9.72. The third-order valence-electron chi connectivity index (χ3n) is 1.16. The van der Waals surface area contributed by atoms with E-state index in [0.29, 0.717) is 0 Å². The number of hydrogen-bond acceptors (Lipinski definition) is 5. The molecule has 0 aliphatic carbocycles. The van der Waals surface area contributed by atoms with E-state index in [0.717, 1.165) is 12.5 Å². The van der Waals surface area contributed by atoms with Crippen molar-refractivity contribution < 1.29 is 22.7 Å². The van der Waals surface area contributed by atoms with Gasteiger partial charge >= 0.3 is 5.97 Å². The standard InChI is InChI=1S/C6H7NO5S/c1-13(10,11)3-5-7-4(2-12-5)6(8)9/h2H,3H2,1H3,(H,8,9). The van der Waals surface area contributed by atoms with Gasteiger partial charge in [-0.1, -0.05) is 0 Å². The predicted molar refractivity (Wildman–Crippen MR) is 42.0 cm³/mol. The van der Waals surface area contributed by atoms with Crippen LogP contribution in [0.25, 0.3) is 0 Å². The zero-order valence-electron chi connectivity index (χ0n) is 6.72. The lowest BCUT2D eigenvalue weighted by Crippen LogP contribution is -2.02. The van der Waals surface area contributed by atoms with Gasteiger partial charge in [0.05, 0.1) is 0 Å². The van der Waals surface area contributed by atoms with E-state index in [1.807, 2.05) is 0 Å². The number of rotatable bonds is 3. The number of carbonyl (C=O) groups is 1. The Hall–Kier alpha value is -1.37. The highest BCUT2D eigenvalue weighted by atomic mass is 32.2. The van der Waals surface area contributed by atoms with Gasteiger partial charge in [-0.05, 0) is 0 Å². The van der Waals surface area contributed by atoms with Gasteiger partial charge in [-0.15, -0.1) is 0 Å². The number of sulfone groups is 1. The SMILES string of the molecule is CS(=O)(=O)Cc1nc(C(=O)O)co1. The van der Waals surface area contributed by atoms with Crippen LogP contribution in [0, 0.1) is 0 Å². The van der Waals surface area contributed by atoms with Crippen molar-refractivity contribution in [1.29, 1.82) is 0 Å². The first-order valence-corrected chi connectivity index (χ1v) is 5.30. The molecule has 0 radical (unpaired) electrons. The maximum atomic E-state index is 10.7. The Morgan fingerprint density at radius 3 is 2.69 bits per heavy atom. The number of aromatic nitrogens is 1. The minimum absolute atomic E-state index is 0.111. The molecule has 7 heteroatoms. The first-order valence-electron chi connectivity index (χ1n) is 3.24. The second-order valence-corrected chi connectivity index (χ2v) is 4.64. The summed E-state index contributed by atoms with van der Waals surface area (Å²) >= 11 is 0. The van der Waals surface area contributed by atoms with Crippen LogP contribution in [-0.2, 0) is 15.6 Å². The highest BCUT2D eigenvalue weighted by molar-refractivity contribution is 7.89. The molecule has 0 amide bonds. The van der Waals surface area contributed by atoms with Crippen molar-refractivity contribution in [2.24, 2.45) is 0 Å². The number of nitrogens with zero attached hydrogens (tertiary/aromatic N) is 1. The smallest absolute Gasteiger partial charge is 0.357 e. The van der Waals surface area contributed by atoms with E-state index in [9.17, 15) is 13.2 Å². The molecule has 0 aromatic carbocycles. The van der Waals surface area contributed by atoms with Crippen LogP contribution in [0.1, 0.15) is 16.4 Å². The van der Waals surface area contributed by atoms with Gasteiger partial charge in [-0.2, -0.15) is 0 Å². The molecule has 0 saturated heterocycles. The average Bonchev–Trinajstić information content (AvgIpc) is 2.31. The maximum absolute atomic E-state index is 10.7. The van der Waals surface area contributed by atoms with Crippen LogP contribution in [0.5, 0.6) is 0 Å². The zero-order valence-corrected chi connectivity index (χ0v) is 7.54. The molecule has 6 nitrogen and oxygen atoms in total. The van der Waals surface area contributed by atoms with Gasteiger partial charge in [0.1, 0.15) is 12.0 Å². The monoisotopic (exact) mass is 205 g/mol. The van der Waals surface area contributed by atoms with Crippen molar-refractivity contribution in [3.05, 3.63) is 17.8 Å². The maximum Gasteiger partial charge on any atom is 0.357 e. The molecule has 72 valence electrons. The van der Waals surface area contributed by atoms with Crippen molar-refractivity contribution in [3.63, 3.8) is 0 Å². The topological polar surface area (TPSA) is 97.5 Å². The van der Waals surface area contributed by atoms with Crippen LogP contribution >= 0.6 is 0 Å². The third kappa shape index (κ3) is 2.86. The highest BCUT2D eigenvalue weighted by Crippen LogP contribution is 2.05. The normalized spacial score (nSPS) is 11.5. The second kappa shape index (κ2) is 3.17. The van der Waals surface area contributed by atoms with E-state index in [1.54, 1.807) is 0 Å². The Kier molecular flexibility index (Phi) is 2.37. The van der Waals surface area contributed by atoms with Gasteiger partial charge in [-0.3, -0.25) is 0 Å². The van der Waals surface area contributed by atoms with Gasteiger partial charge in [0.15, 0.2) is 15.5 Å². The van der Waals surface area contributed by atoms with Crippen LogP contribution in [0.3, 0.4) is 0 Å². The van der Waals surface area contributed by atoms with Crippen LogP contribution in [0.2, 0.25) is 0 Å². The Balaban J connectivity index is 2.87. The molecule has 0 spiro atoms. The van der Waals surface area contributed by atoms with Crippen molar-refractivity contribution in [2.75, 3.05) is 6.26 Å². The number of carboxylic acid groups (broad SMARTS) is 1. The molecule has 0 fully saturated rings. The van der Waals surface area contributed by atoms with Crippen LogP contribution in [-0.4, -0.2) is 30.7 Å². The Morgan fingerprint density at radius 1 is 1.69 bits per heavy atom. The van der Waals surface area contributed by atoms with E-state index >= 15 is 0 Å². The zero-order chi connectivity index (χ0) is 10.1. The molecular weight excluding hydrogens is 198 g/mol. The van der Waals surface area contributed by atoms with E-state index in [2.05, 4.69) is 9.40 Å². The summed E-state index contributed by atoms with van der Waals surface area (Å²) in [5, 5.41) is 8.42. The summed E-state index contributed by atoms with van der Waals surface area (Å²) in [5.41, 5.74) is -0.293. The lowest BCUT2D eigenvalue weighted by Gasteiger charge is -1.89. The molecule has 1 heterocycles. The van der Waals surface area contributed by atoms with Crippen molar-refractivity contribution in [2.45, 2.75) is 5.75 Å². The number of hydrogen-bond donors (Lipinski definition) is 1. The fourth-order valence-corrected chi connectivity index (χ4v) is 1.28. The predicted octanol–water partition coefficient (Wildman–Crippen LogP) is -0.0826. The molecule has 1 aromatic heterocycles. The Morgan fingerprint density at radius 2 is 2.31 bits per heavy atom. The van der Waals surface area contributed by atoms with Gasteiger partial charge in [0.2, 0.25) is 5.89 Å². The summed E-state index contributed by atoms with van der Waals surface area (Å²) in [4.78, 5) is 13.8. The molecule has 0 bridgehead atoms. The molecule has 0 saturated carbocycles. The van der Waals surface area contributed by atoms with Crippen molar-refractivity contribution in [3.8, 4) is 0 Å². The Labute approximate surface area is 74.1 Å². The van der Waals surface area contributed by atoms with Crippen LogP contribution < -0.4 is 0 Å².